The van der Waals surface area contributed by atoms with E-state index in [1.807, 2.05) is 0 Å². The number of imidazole rings is 2. The summed E-state index contributed by atoms with van der Waals surface area (Å²) in [5.41, 5.74) is 9.69. The second-order valence-corrected chi connectivity index (χ2v) is 17.2. The molecule has 1 spiro atoms. The fourth-order valence-electron chi connectivity index (χ4n) is 6.04. The molecule has 4 fully saturated rings. The molecule has 8 rings (SSSR count). The lowest BCUT2D eigenvalue weighted by molar-refractivity contribution is -0.0501. The van der Waals surface area contributed by atoms with Crippen molar-refractivity contribution in [3.8, 4) is 0 Å². The summed E-state index contributed by atoms with van der Waals surface area (Å²) in [6.07, 6.45) is -6.35. The summed E-state index contributed by atoms with van der Waals surface area (Å²) < 4.78 is 78.5. The molecule has 23 heteroatoms. The van der Waals surface area contributed by atoms with Crippen LogP contribution in [0.1, 0.15) is 18.9 Å². The van der Waals surface area contributed by atoms with Gasteiger partial charge in [-0.15, -0.1) is 0 Å². The molecule has 4 aromatic rings. The lowest BCUT2D eigenvalue weighted by atomic mass is 10.1. The van der Waals surface area contributed by atoms with E-state index in [0.717, 1.165) is 0 Å². The average molecular weight is 691 g/mol. The van der Waals surface area contributed by atoms with Crippen molar-refractivity contribution in [2.45, 2.75) is 60.8 Å². The van der Waals surface area contributed by atoms with Crippen molar-refractivity contribution in [3.05, 3.63) is 25.3 Å². The summed E-state index contributed by atoms with van der Waals surface area (Å²) >= 11 is 9.54. The number of halogens is 2. The number of hydrogen-bond acceptors (Lipinski definition) is 15. The number of ether oxygens (including phenoxy) is 2. The lowest BCUT2D eigenvalue weighted by Crippen LogP contribution is -2.33. The maximum absolute atomic E-state index is 16.4. The molecule has 0 aromatic carbocycles. The molecule has 4 aromatic heterocycles. The fourth-order valence-corrected chi connectivity index (χ4v) is 10.6. The zero-order chi connectivity index (χ0) is 30.8. The highest BCUT2D eigenvalue weighted by molar-refractivity contribution is 8.46. The van der Waals surface area contributed by atoms with Gasteiger partial charge >= 0.3 is 6.72 Å². The van der Waals surface area contributed by atoms with E-state index < -0.39 is 74.3 Å². The van der Waals surface area contributed by atoms with Crippen LogP contribution in [0.5, 0.6) is 0 Å². The lowest BCUT2D eigenvalue weighted by Gasteiger charge is -2.26. The number of hydrogen-bond donors (Lipinski definition) is 4. The molecule has 11 atom stereocenters. The molecule has 234 valence electrons. The van der Waals surface area contributed by atoms with Crippen LogP contribution in [-0.4, -0.2) is 92.5 Å². The van der Waals surface area contributed by atoms with Crippen molar-refractivity contribution in [3.63, 3.8) is 0 Å². The number of nitrogens with zero attached hydrogens (tertiary/aromatic N) is 8. The Morgan fingerprint density at radius 1 is 0.977 bits per heavy atom. The molecule has 4 aliphatic rings. The van der Waals surface area contributed by atoms with Crippen molar-refractivity contribution in [1.82, 2.24) is 39.0 Å². The van der Waals surface area contributed by atoms with Crippen LogP contribution in [-0.2, 0) is 39.4 Å². The Bertz CT molecular complexity index is 1920. The molecule has 3 aliphatic heterocycles. The number of rotatable bonds is 2. The zero-order valence-corrected chi connectivity index (χ0v) is 25.5. The van der Waals surface area contributed by atoms with Crippen molar-refractivity contribution in [2.24, 2.45) is 0 Å². The van der Waals surface area contributed by atoms with E-state index in [0.29, 0.717) is 0 Å². The number of anilines is 2. The standard InChI is InChI=1S/C21H22F2N10O7P2S2/c22-9-7-2-36-42(35,44)40-13-14(23)21(38-20(13)33-6-31-11-16(25)27-4-29-18(11)33)1-8(21)41(34,43)39-12(9)19(37-7)32-5-30-10-15(24)26-3-28-17(10)32/h3-9,12-14,19-20H,1-2H2,(H,34,43)(H,35,44)(H2,24,26,28)(H2,25,27,29)/t7-,8+,9-,12-,13-,14+,19-,20-,21+,41?,42?/m1/s1. The van der Waals surface area contributed by atoms with E-state index in [-0.39, 0.29) is 40.4 Å². The third kappa shape index (κ3) is 4.25. The molecule has 0 radical (unpaired) electrons. The highest BCUT2D eigenvalue weighted by atomic mass is 32.7. The third-order valence-electron chi connectivity index (χ3n) is 8.20. The Balaban J connectivity index is 1.19. The van der Waals surface area contributed by atoms with E-state index in [9.17, 15) is 9.46 Å². The third-order valence-corrected chi connectivity index (χ3v) is 12.8. The maximum Gasteiger partial charge on any atom is 0.325 e. The van der Waals surface area contributed by atoms with Gasteiger partial charge in [0.25, 0.3) is 6.57 Å². The Kier molecular flexibility index (Phi) is 6.44. The van der Waals surface area contributed by atoms with Gasteiger partial charge in [-0.3, -0.25) is 18.2 Å². The molecule has 17 nitrogen and oxygen atoms in total. The quantitative estimate of drug-likeness (QED) is 0.173. The monoisotopic (exact) mass is 690 g/mol. The Morgan fingerprint density at radius 2 is 1.59 bits per heavy atom. The summed E-state index contributed by atoms with van der Waals surface area (Å²) in [6, 6.07) is 0. The normalized spacial score (nSPS) is 42.1. The second kappa shape index (κ2) is 9.78. The van der Waals surface area contributed by atoms with E-state index in [2.05, 4.69) is 42.2 Å². The first-order chi connectivity index (χ1) is 20.9. The minimum atomic E-state index is -4.28. The molecule has 1 aliphatic carbocycles. The summed E-state index contributed by atoms with van der Waals surface area (Å²) in [7, 11) is 0. The number of alkyl halides is 2. The number of fused-ring (bicyclic) bond motifs is 5. The van der Waals surface area contributed by atoms with Gasteiger partial charge in [0.1, 0.15) is 47.6 Å². The molecule has 3 saturated heterocycles. The van der Waals surface area contributed by atoms with Crippen LogP contribution >= 0.6 is 25.5 Å². The molecule has 0 amide bonds. The van der Waals surface area contributed by atoms with Crippen LogP contribution < -0.4 is 11.5 Å². The van der Waals surface area contributed by atoms with E-state index >= 15 is 8.78 Å². The molecular weight excluding hydrogens is 668 g/mol. The van der Waals surface area contributed by atoms with Crippen LogP contribution in [0.3, 0.4) is 0 Å². The summed E-state index contributed by atoms with van der Waals surface area (Å²) in [4.78, 5) is 35.5. The first-order valence-electron chi connectivity index (χ1n) is 13.0. The summed E-state index contributed by atoms with van der Waals surface area (Å²) in [5, 5.41) is 0. The summed E-state index contributed by atoms with van der Waals surface area (Å²) in [5.74, 6) is 0.133. The molecule has 4 bridgehead atoms. The van der Waals surface area contributed by atoms with Gasteiger partial charge in [-0.2, -0.15) is 0 Å². The zero-order valence-electron chi connectivity index (χ0n) is 22.0. The van der Waals surface area contributed by atoms with Crippen LogP contribution in [0.25, 0.3) is 22.3 Å². The number of nitrogen functional groups attached to an aromatic ring is 2. The highest BCUT2D eigenvalue weighted by Gasteiger charge is 2.76. The number of thiol groups is 1. The average Bonchev–Trinajstić information content (AvgIpc) is 3.24. The molecular formula is C21H22F2N10O7P2S2. The van der Waals surface area contributed by atoms with Gasteiger partial charge < -0.3 is 34.9 Å². The smallest absolute Gasteiger partial charge is 0.325 e. The van der Waals surface area contributed by atoms with Gasteiger partial charge in [-0.25, -0.2) is 38.7 Å². The van der Waals surface area contributed by atoms with E-state index in [1.165, 1.54) is 34.4 Å². The first kappa shape index (κ1) is 29.0. The molecule has 7 heterocycles. The van der Waals surface area contributed by atoms with Crippen LogP contribution in [0, 0.1) is 0 Å². The van der Waals surface area contributed by atoms with Crippen molar-refractivity contribution < 1.29 is 41.3 Å². The highest BCUT2D eigenvalue weighted by Crippen LogP contribution is 2.76. The van der Waals surface area contributed by atoms with Gasteiger partial charge in [0.2, 0.25) is 0 Å². The minimum absolute atomic E-state index is 0.0664. The second-order valence-electron chi connectivity index (χ2n) is 10.7. The molecule has 2 unspecified atom stereocenters. The van der Waals surface area contributed by atoms with Crippen molar-refractivity contribution in [2.75, 3.05) is 18.1 Å². The first-order valence-corrected chi connectivity index (χ1v) is 18.5. The SMILES string of the molecule is Nc1ncnc2c1ncn2[C@@H]1O[C@@H]2COP(O)(=S)O[C@H]3[C@H](n4cnc5c(N)ncnc54)O[C@]4(C[C@@H]4P(=O)(S)O[C@@H]1[C@@H]2F)[C@H]3F. The van der Waals surface area contributed by atoms with E-state index in [1.54, 1.807) is 0 Å². The maximum atomic E-state index is 16.4. The van der Waals surface area contributed by atoms with Gasteiger partial charge in [0, 0.05) is 0 Å². The topological polar surface area (TPSA) is 223 Å². The Hall–Kier alpha value is -2.45. The summed E-state index contributed by atoms with van der Waals surface area (Å²) in [6.45, 7) is -9.09. The van der Waals surface area contributed by atoms with E-state index in [4.69, 9.17) is 46.3 Å². The van der Waals surface area contributed by atoms with Gasteiger partial charge in [0.05, 0.1) is 24.9 Å². The van der Waals surface area contributed by atoms with Crippen molar-refractivity contribution in [1.29, 1.82) is 0 Å². The predicted octanol–water partition coefficient (Wildman–Crippen LogP) is 1.58. The number of aromatic nitrogens is 8. The van der Waals surface area contributed by atoms with Crippen LogP contribution in [0.2, 0.25) is 0 Å². The van der Waals surface area contributed by atoms with Crippen LogP contribution in [0.15, 0.2) is 25.3 Å². The Labute approximate surface area is 255 Å². The van der Waals surface area contributed by atoms with Gasteiger partial charge in [-0.1, -0.05) is 12.2 Å². The fraction of sp³-hybridized carbons (Fsp3) is 0.524. The predicted molar refractivity (Wildman–Crippen MR) is 153 cm³/mol. The minimum Gasteiger partial charge on any atom is -0.382 e. The molecule has 1 saturated carbocycles. The number of nitrogens with two attached hydrogens (primary N) is 2. The van der Waals surface area contributed by atoms with Crippen molar-refractivity contribution >= 4 is 71.3 Å². The van der Waals surface area contributed by atoms with Gasteiger partial charge in [-0.05, 0) is 18.2 Å². The largest absolute Gasteiger partial charge is 0.382 e. The van der Waals surface area contributed by atoms with Crippen LogP contribution in [0.4, 0.5) is 20.4 Å². The van der Waals surface area contributed by atoms with Gasteiger partial charge in [0.15, 0.2) is 47.7 Å². The molecule has 5 N–H and O–H groups in total. The Morgan fingerprint density at radius 3 is 2.23 bits per heavy atom. The molecule has 44 heavy (non-hydrogen) atoms.